The van der Waals surface area contributed by atoms with E-state index in [0.717, 1.165) is 6.34 Å². The van der Waals surface area contributed by atoms with Gasteiger partial charge in [-0.25, -0.2) is 0 Å². The van der Waals surface area contributed by atoms with E-state index < -0.39 is 6.10 Å². The smallest absolute Gasteiger partial charge is 0.0966 e. The van der Waals surface area contributed by atoms with Gasteiger partial charge in [-0.05, 0) is 0 Å². The Morgan fingerprint density at radius 3 is 2.75 bits per heavy atom. The van der Waals surface area contributed by atoms with Crippen LogP contribution in [0.5, 0.6) is 0 Å². The molecule has 0 radical (unpaired) electrons. The van der Waals surface area contributed by atoms with Gasteiger partial charge in [0.1, 0.15) is 0 Å². The molecule has 0 aromatic carbocycles. The normalized spacial score (nSPS) is 14.8. The van der Waals surface area contributed by atoms with Crippen LogP contribution >= 0.6 is 0 Å². The van der Waals surface area contributed by atoms with Gasteiger partial charge in [-0.2, -0.15) is 0 Å². The van der Waals surface area contributed by atoms with Crippen molar-refractivity contribution in [1.82, 2.24) is 0 Å². The lowest BCUT2D eigenvalue weighted by Crippen LogP contribution is -2.16. The highest BCUT2D eigenvalue weighted by molar-refractivity contribution is 5.51. The molecule has 0 aliphatic heterocycles. The number of nitrogens with two attached hydrogens (primary N) is 1. The second-order valence-corrected chi connectivity index (χ2v) is 1.35. The molecule has 4 nitrogen and oxygen atoms in total. The standard InChI is InChI=1S/C4H10N2O2/c5-3-6-1-4(8)2-7/h3-4,7-8H,1-2H2,(H2,5,6)/t4-/m0/s1. The number of aliphatic hydroxyl groups is 2. The van der Waals surface area contributed by atoms with Crippen LogP contribution in [0.25, 0.3) is 0 Å². The molecule has 0 spiro atoms. The summed E-state index contributed by atoms with van der Waals surface area (Å²) in [6.45, 7) is -0.0929. The van der Waals surface area contributed by atoms with Gasteiger partial charge in [-0.3, -0.25) is 4.99 Å². The average molecular weight is 118 g/mol. The molecule has 0 fully saturated rings. The van der Waals surface area contributed by atoms with E-state index in [1.165, 1.54) is 0 Å². The molecular weight excluding hydrogens is 108 g/mol. The first-order valence-corrected chi connectivity index (χ1v) is 2.30. The van der Waals surface area contributed by atoms with Gasteiger partial charge in [0.2, 0.25) is 0 Å². The molecule has 4 N–H and O–H groups in total. The summed E-state index contributed by atoms with van der Waals surface area (Å²) >= 11 is 0. The fourth-order valence-electron chi connectivity index (χ4n) is 0.240. The zero-order valence-corrected chi connectivity index (χ0v) is 4.49. The minimum atomic E-state index is -0.769. The Kier molecular flexibility index (Phi) is 4.20. The molecule has 0 aliphatic carbocycles. The summed E-state index contributed by atoms with van der Waals surface area (Å²) in [6.07, 6.45) is 0.327. The Hall–Kier alpha value is -0.610. The number of hydrogen-bond acceptors (Lipinski definition) is 3. The summed E-state index contributed by atoms with van der Waals surface area (Å²) in [5.41, 5.74) is 4.85. The van der Waals surface area contributed by atoms with Crippen LogP contribution in [0.4, 0.5) is 0 Å². The molecule has 0 aromatic heterocycles. The maximum absolute atomic E-state index is 8.57. The molecule has 0 aliphatic rings. The number of rotatable bonds is 3. The summed E-state index contributed by atoms with van der Waals surface area (Å²) < 4.78 is 0. The molecule has 0 amide bonds. The summed E-state index contributed by atoms with van der Waals surface area (Å²) in [5.74, 6) is 0. The average Bonchev–Trinajstić information content (AvgIpc) is 1.83. The lowest BCUT2D eigenvalue weighted by molar-refractivity contribution is 0.102. The molecule has 4 heteroatoms. The lowest BCUT2D eigenvalue weighted by atomic mass is 10.4. The summed E-state index contributed by atoms with van der Waals surface area (Å²) in [6, 6.07) is 0. The molecule has 0 saturated carbocycles. The first-order chi connectivity index (χ1) is 3.81. The summed E-state index contributed by atoms with van der Waals surface area (Å²) in [4.78, 5) is 3.49. The van der Waals surface area contributed by atoms with Crippen LogP contribution in [0.15, 0.2) is 4.99 Å². The van der Waals surface area contributed by atoms with Crippen LogP contribution < -0.4 is 5.73 Å². The maximum Gasteiger partial charge on any atom is 0.0966 e. The zero-order chi connectivity index (χ0) is 6.41. The van der Waals surface area contributed by atoms with Gasteiger partial charge < -0.3 is 15.9 Å². The minimum Gasteiger partial charge on any atom is -0.394 e. The van der Waals surface area contributed by atoms with Crippen molar-refractivity contribution in [2.45, 2.75) is 6.10 Å². The molecule has 0 bridgehead atoms. The van der Waals surface area contributed by atoms with Crippen LogP contribution in [0.3, 0.4) is 0 Å². The fraction of sp³-hybridized carbons (Fsp3) is 0.750. The van der Waals surface area contributed by atoms with Crippen LogP contribution in [0.2, 0.25) is 0 Å². The van der Waals surface area contributed by atoms with Gasteiger partial charge in [0.15, 0.2) is 0 Å². The fourth-order valence-corrected chi connectivity index (χ4v) is 0.240. The zero-order valence-electron chi connectivity index (χ0n) is 4.49. The van der Waals surface area contributed by atoms with E-state index in [-0.39, 0.29) is 13.2 Å². The molecule has 8 heavy (non-hydrogen) atoms. The van der Waals surface area contributed by atoms with Gasteiger partial charge in [0, 0.05) is 0 Å². The quantitative estimate of drug-likeness (QED) is 0.306. The summed E-state index contributed by atoms with van der Waals surface area (Å²) in [5, 5.41) is 16.8. The van der Waals surface area contributed by atoms with Crippen molar-refractivity contribution < 1.29 is 10.2 Å². The molecule has 0 heterocycles. The largest absolute Gasteiger partial charge is 0.394 e. The third-order valence-corrected chi connectivity index (χ3v) is 0.632. The molecule has 0 rings (SSSR count). The van der Waals surface area contributed by atoms with Crippen LogP contribution in [0, 0.1) is 0 Å². The van der Waals surface area contributed by atoms with Crippen LogP contribution in [-0.2, 0) is 0 Å². The lowest BCUT2D eigenvalue weighted by Gasteiger charge is -1.98. The van der Waals surface area contributed by atoms with E-state index in [0.29, 0.717) is 0 Å². The first kappa shape index (κ1) is 7.39. The van der Waals surface area contributed by atoms with Crippen molar-refractivity contribution in [2.75, 3.05) is 13.2 Å². The maximum atomic E-state index is 8.57. The highest BCUT2D eigenvalue weighted by Gasteiger charge is 1.95. The van der Waals surface area contributed by atoms with E-state index in [1.54, 1.807) is 0 Å². The number of aliphatic hydroxyl groups excluding tert-OH is 2. The van der Waals surface area contributed by atoms with Crippen molar-refractivity contribution in [3.8, 4) is 0 Å². The van der Waals surface area contributed by atoms with Crippen molar-refractivity contribution in [2.24, 2.45) is 10.7 Å². The second-order valence-electron chi connectivity index (χ2n) is 1.35. The Morgan fingerprint density at radius 1 is 1.75 bits per heavy atom. The van der Waals surface area contributed by atoms with Crippen molar-refractivity contribution in [3.63, 3.8) is 0 Å². The third kappa shape index (κ3) is 3.58. The summed E-state index contributed by atoms with van der Waals surface area (Å²) in [7, 11) is 0. The number of nitrogens with zero attached hydrogens (tertiary/aromatic N) is 1. The second kappa shape index (κ2) is 4.55. The Bertz CT molecular complexity index is 74.4. The molecular formula is C4H10N2O2. The Morgan fingerprint density at radius 2 is 2.38 bits per heavy atom. The predicted octanol–water partition coefficient (Wildman–Crippen LogP) is -1.67. The topological polar surface area (TPSA) is 78.8 Å². The molecule has 0 aromatic rings. The Balaban J connectivity index is 3.10. The minimum absolute atomic E-state index is 0.174. The molecule has 0 saturated heterocycles. The predicted molar refractivity (Wildman–Crippen MR) is 30.6 cm³/mol. The van der Waals surface area contributed by atoms with Crippen LogP contribution in [-0.4, -0.2) is 35.8 Å². The monoisotopic (exact) mass is 118 g/mol. The van der Waals surface area contributed by atoms with E-state index in [4.69, 9.17) is 15.9 Å². The van der Waals surface area contributed by atoms with Gasteiger partial charge >= 0.3 is 0 Å². The van der Waals surface area contributed by atoms with Gasteiger partial charge in [0.25, 0.3) is 0 Å². The highest BCUT2D eigenvalue weighted by atomic mass is 16.3. The van der Waals surface area contributed by atoms with E-state index in [2.05, 4.69) is 4.99 Å². The molecule has 0 unspecified atom stereocenters. The van der Waals surface area contributed by atoms with E-state index in [1.807, 2.05) is 0 Å². The van der Waals surface area contributed by atoms with Gasteiger partial charge in [0.05, 0.1) is 25.6 Å². The number of hydrogen-bond donors (Lipinski definition) is 3. The van der Waals surface area contributed by atoms with Crippen LogP contribution in [0.1, 0.15) is 0 Å². The molecule has 1 atom stereocenters. The van der Waals surface area contributed by atoms with E-state index >= 15 is 0 Å². The van der Waals surface area contributed by atoms with Crippen molar-refractivity contribution in [1.29, 1.82) is 0 Å². The van der Waals surface area contributed by atoms with Gasteiger partial charge in [-0.1, -0.05) is 0 Å². The first-order valence-electron chi connectivity index (χ1n) is 2.30. The third-order valence-electron chi connectivity index (χ3n) is 0.632. The molecule has 48 valence electrons. The van der Waals surface area contributed by atoms with E-state index in [9.17, 15) is 0 Å². The number of aliphatic imine (C=N–C) groups is 1. The van der Waals surface area contributed by atoms with Crippen molar-refractivity contribution >= 4 is 6.34 Å². The Labute approximate surface area is 47.7 Å². The van der Waals surface area contributed by atoms with Crippen molar-refractivity contribution in [3.05, 3.63) is 0 Å². The highest BCUT2D eigenvalue weighted by Crippen LogP contribution is 1.78. The van der Waals surface area contributed by atoms with Gasteiger partial charge in [-0.15, -0.1) is 0 Å². The SMILES string of the molecule is NC=NC[C@H](O)CO.